The van der Waals surface area contributed by atoms with Crippen LogP contribution in [0.3, 0.4) is 0 Å². The zero-order chi connectivity index (χ0) is 14.8. The van der Waals surface area contributed by atoms with Gasteiger partial charge in [0.1, 0.15) is 0 Å². The lowest BCUT2D eigenvalue weighted by atomic mass is 9.95. The second-order valence-electron chi connectivity index (χ2n) is 4.91. The smallest absolute Gasteiger partial charge is 0.351 e. The molecule has 0 saturated carbocycles. The highest BCUT2D eigenvalue weighted by molar-refractivity contribution is 5.97. The van der Waals surface area contributed by atoms with E-state index in [0.29, 0.717) is 0 Å². The minimum atomic E-state index is -2.33. The summed E-state index contributed by atoms with van der Waals surface area (Å²) in [6.45, 7) is 6.36. The number of ether oxygens (including phenoxy) is 3. The summed E-state index contributed by atoms with van der Waals surface area (Å²) in [5.41, 5.74) is -2.33. The average Bonchev–Trinajstić information content (AvgIpc) is 2.53. The third-order valence-corrected chi connectivity index (χ3v) is 2.36. The Morgan fingerprint density at radius 1 is 1.26 bits per heavy atom. The highest BCUT2D eigenvalue weighted by Crippen LogP contribution is 2.30. The molecule has 7 nitrogen and oxygen atoms in total. The van der Waals surface area contributed by atoms with Crippen LogP contribution in [0.25, 0.3) is 0 Å². The summed E-state index contributed by atoms with van der Waals surface area (Å²) in [5, 5.41) is 10.2. The van der Waals surface area contributed by atoms with E-state index in [1.807, 2.05) is 0 Å². The van der Waals surface area contributed by atoms with E-state index in [0.717, 1.165) is 0 Å². The van der Waals surface area contributed by atoms with Gasteiger partial charge in [-0.25, -0.2) is 9.59 Å². The van der Waals surface area contributed by atoms with Gasteiger partial charge in [0.15, 0.2) is 0 Å². The van der Waals surface area contributed by atoms with E-state index < -0.39 is 48.2 Å². The molecule has 1 aliphatic heterocycles. The van der Waals surface area contributed by atoms with Gasteiger partial charge < -0.3 is 19.3 Å². The van der Waals surface area contributed by atoms with Gasteiger partial charge in [-0.05, 0) is 27.7 Å². The molecule has 0 unspecified atom stereocenters. The number of carbonyl (C=O) groups is 3. The maximum Gasteiger partial charge on any atom is 0.351 e. The molecule has 0 aliphatic carbocycles. The summed E-state index contributed by atoms with van der Waals surface area (Å²) in [7, 11) is 0. The fraction of sp³-hybridized carbons (Fsp3) is 0.750. The fourth-order valence-corrected chi connectivity index (χ4v) is 1.62. The summed E-state index contributed by atoms with van der Waals surface area (Å²) in [5.74, 6) is -2.89. The summed E-state index contributed by atoms with van der Waals surface area (Å²) in [6, 6.07) is 0. The number of esters is 3. The Bertz CT molecular complexity index is 388. The van der Waals surface area contributed by atoms with E-state index in [-0.39, 0.29) is 0 Å². The monoisotopic (exact) mass is 274 g/mol. The van der Waals surface area contributed by atoms with Gasteiger partial charge in [-0.15, -0.1) is 0 Å². The van der Waals surface area contributed by atoms with Gasteiger partial charge in [0.2, 0.25) is 11.7 Å². The highest BCUT2D eigenvalue weighted by Gasteiger charge is 2.59. The number of carbonyl (C=O) groups excluding carboxylic acids is 3. The molecule has 0 spiro atoms. The van der Waals surface area contributed by atoms with Crippen LogP contribution in [0.2, 0.25) is 0 Å². The van der Waals surface area contributed by atoms with E-state index in [4.69, 9.17) is 9.47 Å². The minimum Gasteiger partial charge on any atom is -0.461 e. The van der Waals surface area contributed by atoms with Gasteiger partial charge in [0, 0.05) is 0 Å². The molecular weight excluding hydrogens is 256 g/mol. The van der Waals surface area contributed by atoms with E-state index in [1.54, 1.807) is 27.7 Å². The molecule has 0 amide bonds. The van der Waals surface area contributed by atoms with Crippen molar-refractivity contribution in [2.45, 2.75) is 58.0 Å². The molecule has 7 heteroatoms. The van der Waals surface area contributed by atoms with Gasteiger partial charge in [-0.2, -0.15) is 0 Å². The summed E-state index contributed by atoms with van der Waals surface area (Å²) in [4.78, 5) is 34.8. The number of aliphatic hydroxyl groups is 1. The van der Waals surface area contributed by atoms with Crippen LogP contribution in [0.15, 0.2) is 0 Å². The Hall–Kier alpha value is -1.63. The molecular formula is C12H18O7. The Morgan fingerprint density at radius 3 is 2.26 bits per heavy atom. The van der Waals surface area contributed by atoms with Gasteiger partial charge in [-0.3, -0.25) is 4.79 Å². The first kappa shape index (κ1) is 15.4. The average molecular weight is 274 g/mol. The lowest BCUT2D eigenvalue weighted by Crippen LogP contribution is -2.52. The standard InChI is InChI=1S/C12H18O7/c1-6(2)17-10(14)9-12(16,5-8(13)19-9)11(15)18-7(3)4/h6-7,9,16H,5H2,1-4H3/t9-,12-/m1/s1. The van der Waals surface area contributed by atoms with E-state index in [9.17, 15) is 19.5 Å². The zero-order valence-corrected chi connectivity index (χ0v) is 11.3. The van der Waals surface area contributed by atoms with Gasteiger partial charge >= 0.3 is 17.9 Å². The van der Waals surface area contributed by atoms with E-state index >= 15 is 0 Å². The summed E-state index contributed by atoms with van der Waals surface area (Å²) in [6.07, 6.45) is -3.27. The molecule has 1 rings (SSSR count). The number of hydrogen-bond donors (Lipinski definition) is 1. The Labute approximate surface area is 110 Å². The largest absolute Gasteiger partial charge is 0.461 e. The van der Waals surface area contributed by atoms with Gasteiger partial charge in [0.25, 0.3) is 0 Å². The normalized spacial score (nSPS) is 26.5. The third-order valence-electron chi connectivity index (χ3n) is 2.36. The summed E-state index contributed by atoms with van der Waals surface area (Å²) >= 11 is 0. The predicted octanol–water partition coefficient (Wildman–Crippen LogP) is -0.0638. The molecule has 0 aromatic carbocycles. The van der Waals surface area contributed by atoms with Crippen LogP contribution in [0, 0.1) is 0 Å². The fourth-order valence-electron chi connectivity index (χ4n) is 1.62. The minimum absolute atomic E-state index is 0.461. The molecule has 1 aliphatic rings. The van der Waals surface area contributed by atoms with Crippen molar-refractivity contribution in [3.05, 3.63) is 0 Å². The van der Waals surface area contributed by atoms with E-state index in [1.165, 1.54) is 0 Å². The van der Waals surface area contributed by atoms with Crippen molar-refractivity contribution < 1.29 is 33.7 Å². The molecule has 1 N–H and O–H groups in total. The lowest BCUT2D eigenvalue weighted by molar-refractivity contribution is -0.187. The number of hydrogen-bond acceptors (Lipinski definition) is 7. The van der Waals surface area contributed by atoms with Crippen molar-refractivity contribution in [2.24, 2.45) is 0 Å². The molecule has 0 radical (unpaired) electrons. The first-order valence-corrected chi connectivity index (χ1v) is 6.00. The molecule has 2 atom stereocenters. The molecule has 0 aromatic rings. The zero-order valence-electron chi connectivity index (χ0n) is 11.3. The quantitative estimate of drug-likeness (QED) is 0.566. The molecule has 1 saturated heterocycles. The predicted molar refractivity (Wildman–Crippen MR) is 61.9 cm³/mol. The Morgan fingerprint density at radius 2 is 1.79 bits per heavy atom. The first-order chi connectivity index (χ1) is 8.66. The third kappa shape index (κ3) is 3.44. The topological polar surface area (TPSA) is 99.1 Å². The molecule has 0 aromatic heterocycles. The van der Waals surface area contributed by atoms with Crippen LogP contribution in [-0.4, -0.2) is 46.9 Å². The van der Waals surface area contributed by atoms with Crippen LogP contribution >= 0.6 is 0 Å². The molecule has 1 heterocycles. The van der Waals surface area contributed by atoms with Gasteiger partial charge in [-0.1, -0.05) is 0 Å². The Kier molecular flexibility index (Phi) is 4.52. The Balaban J connectivity index is 2.92. The molecule has 1 fully saturated rings. The number of cyclic esters (lactones) is 1. The van der Waals surface area contributed by atoms with Crippen molar-refractivity contribution in [2.75, 3.05) is 0 Å². The molecule has 108 valence electrons. The first-order valence-electron chi connectivity index (χ1n) is 6.00. The SMILES string of the molecule is CC(C)OC(=O)[C@H]1OC(=O)C[C@]1(O)C(=O)OC(C)C. The number of rotatable bonds is 4. The second kappa shape index (κ2) is 5.56. The maximum atomic E-state index is 11.8. The van der Waals surface area contributed by atoms with Crippen LogP contribution < -0.4 is 0 Å². The summed E-state index contributed by atoms with van der Waals surface area (Å²) < 4.78 is 14.4. The van der Waals surface area contributed by atoms with Crippen LogP contribution in [0.5, 0.6) is 0 Å². The van der Waals surface area contributed by atoms with Crippen LogP contribution in [-0.2, 0) is 28.6 Å². The molecule has 0 bridgehead atoms. The molecule has 19 heavy (non-hydrogen) atoms. The highest BCUT2D eigenvalue weighted by atomic mass is 16.6. The van der Waals surface area contributed by atoms with E-state index in [2.05, 4.69) is 4.74 Å². The lowest BCUT2D eigenvalue weighted by Gasteiger charge is -2.25. The maximum absolute atomic E-state index is 11.8. The van der Waals surface area contributed by atoms with Crippen LogP contribution in [0.4, 0.5) is 0 Å². The van der Waals surface area contributed by atoms with Crippen molar-refractivity contribution in [1.82, 2.24) is 0 Å². The van der Waals surface area contributed by atoms with Crippen molar-refractivity contribution in [1.29, 1.82) is 0 Å². The van der Waals surface area contributed by atoms with Crippen molar-refractivity contribution in [3.8, 4) is 0 Å². The van der Waals surface area contributed by atoms with Crippen molar-refractivity contribution in [3.63, 3.8) is 0 Å². The van der Waals surface area contributed by atoms with Gasteiger partial charge in [0.05, 0.1) is 18.6 Å². The van der Waals surface area contributed by atoms with Crippen molar-refractivity contribution >= 4 is 17.9 Å². The second-order valence-corrected chi connectivity index (χ2v) is 4.91. The van der Waals surface area contributed by atoms with Crippen LogP contribution in [0.1, 0.15) is 34.1 Å².